The Hall–Kier alpha value is -0.260. The van der Waals surface area contributed by atoms with Crippen LogP contribution < -0.4 is 10.6 Å². The Balaban J connectivity index is 1.71. The summed E-state index contributed by atoms with van der Waals surface area (Å²) in [5, 5.41) is 6.39. The van der Waals surface area contributed by atoms with E-state index in [1.54, 1.807) is 0 Å². The van der Waals surface area contributed by atoms with Gasteiger partial charge in [-0.1, -0.05) is 0 Å². The molecule has 86 valence electrons. The van der Waals surface area contributed by atoms with Crippen molar-refractivity contribution in [2.75, 3.05) is 13.2 Å². The van der Waals surface area contributed by atoms with Gasteiger partial charge in [-0.2, -0.15) is 0 Å². The number of alkyl halides is 2. The maximum atomic E-state index is 12.9. The third kappa shape index (κ3) is 1.77. The summed E-state index contributed by atoms with van der Waals surface area (Å²) in [6, 6.07) is 0.894. The van der Waals surface area contributed by atoms with Crippen molar-refractivity contribution < 1.29 is 13.5 Å². The second-order valence-electron chi connectivity index (χ2n) is 5.04. The van der Waals surface area contributed by atoms with E-state index >= 15 is 0 Å². The first-order chi connectivity index (χ1) is 7.07. The van der Waals surface area contributed by atoms with Crippen LogP contribution in [0.4, 0.5) is 8.78 Å². The quantitative estimate of drug-likeness (QED) is 0.632. The van der Waals surface area contributed by atoms with Crippen LogP contribution in [-0.2, 0) is 4.74 Å². The molecular formula is C10H16F2N2O. The van der Waals surface area contributed by atoms with Gasteiger partial charge in [0, 0.05) is 24.9 Å². The molecule has 5 heteroatoms. The maximum absolute atomic E-state index is 12.9. The molecule has 0 saturated carbocycles. The highest BCUT2D eigenvalue weighted by Gasteiger charge is 2.50. The SMILES string of the molecule is FC1(F)CNC2(CC3CCC(C2)N3)OC1. The van der Waals surface area contributed by atoms with Crippen LogP contribution >= 0.6 is 0 Å². The van der Waals surface area contributed by atoms with E-state index < -0.39 is 18.3 Å². The van der Waals surface area contributed by atoms with E-state index in [4.69, 9.17) is 4.74 Å². The summed E-state index contributed by atoms with van der Waals surface area (Å²) < 4.78 is 31.3. The fourth-order valence-electron chi connectivity index (χ4n) is 3.00. The van der Waals surface area contributed by atoms with E-state index in [-0.39, 0.29) is 6.54 Å². The van der Waals surface area contributed by atoms with Crippen molar-refractivity contribution in [3.05, 3.63) is 0 Å². The Labute approximate surface area is 87.6 Å². The summed E-state index contributed by atoms with van der Waals surface area (Å²) in [6.07, 6.45) is 3.93. The van der Waals surface area contributed by atoms with Gasteiger partial charge >= 0.3 is 0 Å². The number of fused-ring (bicyclic) bond motifs is 2. The zero-order valence-electron chi connectivity index (χ0n) is 8.56. The Morgan fingerprint density at radius 1 is 1.13 bits per heavy atom. The Morgan fingerprint density at radius 2 is 1.80 bits per heavy atom. The van der Waals surface area contributed by atoms with Gasteiger partial charge in [-0.05, 0) is 12.8 Å². The first-order valence-corrected chi connectivity index (χ1v) is 5.60. The number of halogens is 2. The number of piperidine rings is 1. The average Bonchev–Trinajstić information content (AvgIpc) is 2.53. The number of nitrogens with one attached hydrogen (secondary N) is 2. The molecule has 3 rings (SSSR count). The molecule has 2 N–H and O–H groups in total. The highest BCUT2D eigenvalue weighted by molar-refractivity contribution is 5.01. The minimum absolute atomic E-state index is 0.244. The van der Waals surface area contributed by atoms with Crippen LogP contribution in [0.1, 0.15) is 25.7 Å². The minimum Gasteiger partial charge on any atom is -0.354 e. The van der Waals surface area contributed by atoms with E-state index in [0.717, 1.165) is 25.7 Å². The molecule has 0 amide bonds. The van der Waals surface area contributed by atoms with E-state index in [0.29, 0.717) is 12.1 Å². The molecule has 3 saturated heterocycles. The molecular weight excluding hydrogens is 202 g/mol. The molecule has 3 aliphatic heterocycles. The summed E-state index contributed by atoms with van der Waals surface area (Å²) in [7, 11) is 0. The molecule has 3 heterocycles. The molecule has 0 aromatic carbocycles. The highest BCUT2D eigenvalue weighted by atomic mass is 19.3. The number of hydrogen-bond donors (Lipinski definition) is 2. The molecule has 0 radical (unpaired) electrons. The summed E-state index contributed by atoms with van der Waals surface area (Å²) >= 11 is 0. The number of hydrogen-bond acceptors (Lipinski definition) is 3. The molecule has 15 heavy (non-hydrogen) atoms. The number of ether oxygens (including phenoxy) is 1. The van der Waals surface area contributed by atoms with Gasteiger partial charge in [-0.3, -0.25) is 5.32 Å². The first-order valence-electron chi connectivity index (χ1n) is 5.60. The van der Waals surface area contributed by atoms with E-state index in [9.17, 15) is 8.78 Å². The Kier molecular flexibility index (Phi) is 2.06. The fourth-order valence-corrected chi connectivity index (χ4v) is 3.00. The van der Waals surface area contributed by atoms with Crippen molar-refractivity contribution in [1.82, 2.24) is 10.6 Å². The van der Waals surface area contributed by atoms with Crippen LogP contribution in [0, 0.1) is 0 Å². The molecule has 0 aromatic rings. The molecule has 3 nitrogen and oxygen atoms in total. The molecule has 2 unspecified atom stereocenters. The highest BCUT2D eigenvalue weighted by Crippen LogP contribution is 2.37. The van der Waals surface area contributed by atoms with E-state index in [1.807, 2.05) is 0 Å². The summed E-state index contributed by atoms with van der Waals surface area (Å²) in [5.41, 5.74) is -0.473. The summed E-state index contributed by atoms with van der Waals surface area (Å²) in [5.74, 6) is -2.70. The summed E-state index contributed by atoms with van der Waals surface area (Å²) in [6.45, 7) is -0.675. The van der Waals surface area contributed by atoms with Crippen molar-refractivity contribution >= 4 is 0 Å². The van der Waals surface area contributed by atoms with Gasteiger partial charge in [0.2, 0.25) is 0 Å². The second-order valence-corrected chi connectivity index (χ2v) is 5.04. The maximum Gasteiger partial charge on any atom is 0.283 e. The molecule has 3 aliphatic rings. The minimum atomic E-state index is -2.70. The third-order valence-corrected chi connectivity index (χ3v) is 3.72. The largest absolute Gasteiger partial charge is 0.354 e. The van der Waals surface area contributed by atoms with Gasteiger partial charge in [0.05, 0.1) is 6.54 Å². The van der Waals surface area contributed by atoms with Crippen LogP contribution in [0.25, 0.3) is 0 Å². The Bertz CT molecular complexity index is 248. The predicted octanol–water partition coefficient (Wildman–Crippen LogP) is 0.852. The zero-order valence-corrected chi connectivity index (χ0v) is 8.56. The molecule has 3 fully saturated rings. The van der Waals surface area contributed by atoms with Crippen molar-refractivity contribution in [2.45, 2.75) is 49.4 Å². The molecule has 0 aliphatic carbocycles. The van der Waals surface area contributed by atoms with Gasteiger partial charge in [-0.15, -0.1) is 0 Å². The lowest BCUT2D eigenvalue weighted by Crippen LogP contribution is -2.64. The Morgan fingerprint density at radius 3 is 2.33 bits per heavy atom. The smallest absolute Gasteiger partial charge is 0.283 e. The van der Waals surface area contributed by atoms with Gasteiger partial charge in [0.25, 0.3) is 5.92 Å². The monoisotopic (exact) mass is 218 g/mol. The van der Waals surface area contributed by atoms with Gasteiger partial charge in [-0.25, -0.2) is 8.78 Å². The topological polar surface area (TPSA) is 33.3 Å². The average molecular weight is 218 g/mol. The standard InChI is InChI=1S/C10H16F2N2O/c11-9(12)5-13-10(15-6-9)3-7-1-2-8(4-10)14-7/h7-8,13-14H,1-6H2. The van der Waals surface area contributed by atoms with Crippen LogP contribution in [0.5, 0.6) is 0 Å². The lowest BCUT2D eigenvalue weighted by molar-refractivity contribution is -0.206. The van der Waals surface area contributed by atoms with Gasteiger partial charge < -0.3 is 10.1 Å². The lowest BCUT2D eigenvalue weighted by Gasteiger charge is -2.46. The van der Waals surface area contributed by atoms with Crippen molar-refractivity contribution in [3.63, 3.8) is 0 Å². The van der Waals surface area contributed by atoms with Crippen LogP contribution in [0.3, 0.4) is 0 Å². The van der Waals surface area contributed by atoms with Crippen LogP contribution in [0.2, 0.25) is 0 Å². The van der Waals surface area contributed by atoms with E-state index in [2.05, 4.69) is 10.6 Å². The van der Waals surface area contributed by atoms with Crippen molar-refractivity contribution in [2.24, 2.45) is 0 Å². The predicted molar refractivity (Wildman–Crippen MR) is 50.8 cm³/mol. The fraction of sp³-hybridized carbons (Fsp3) is 1.00. The molecule has 1 spiro atoms. The van der Waals surface area contributed by atoms with Crippen molar-refractivity contribution in [3.8, 4) is 0 Å². The summed E-state index contributed by atoms with van der Waals surface area (Å²) in [4.78, 5) is 0. The zero-order chi connectivity index (χ0) is 10.5. The first kappa shape index (κ1) is 9.93. The molecule has 0 aromatic heterocycles. The van der Waals surface area contributed by atoms with Gasteiger partial charge in [0.1, 0.15) is 12.3 Å². The normalized spacial score (nSPS) is 48.4. The molecule has 2 bridgehead atoms. The van der Waals surface area contributed by atoms with Crippen LogP contribution in [-0.4, -0.2) is 36.9 Å². The third-order valence-electron chi connectivity index (χ3n) is 3.72. The number of rotatable bonds is 0. The van der Waals surface area contributed by atoms with Crippen LogP contribution in [0.15, 0.2) is 0 Å². The lowest BCUT2D eigenvalue weighted by atomic mass is 9.94. The van der Waals surface area contributed by atoms with Crippen molar-refractivity contribution in [1.29, 1.82) is 0 Å². The molecule has 2 atom stereocenters. The van der Waals surface area contributed by atoms with E-state index in [1.165, 1.54) is 0 Å². The second kappa shape index (κ2) is 3.12. The van der Waals surface area contributed by atoms with Gasteiger partial charge in [0.15, 0.2) is 0 Å².